The zero-order chi connectivity index (χ0) is 34.5. The van der Waals surface area contributed by atoms with Gasteiger partial charge in [0.15, 0.2) is 0 Å². The fraction of sp³-hybridized carbons (Fsp3) is 0.0400. The molecule has 1 unspecified atom stereocenters. The summed E-state index contributed by atoms with van der Waals surface area (Å²) in [4.78, 5) is 2.58. The minimum absolute atomic E-state index is 0.516. The SMILES string of the molecule is C1=CC(c2ccc(-c3ccccc3)cc2)(N(c2ccccc2)c2ccc3c(c2)c2ccccc2n3-c2ccccc2)Cc2cc3ccccc3cc21. The molecule has 1 heterocycles. The Kier molecular flexibility index (Phi) is 7.14. The highest BCUT2D eigenvalue weighted by molar-refractivity contribution is 6.10. The summed E-state index contributed by atoms with van der Waals surface area (Å²) in [5.41, 5.74) is 11.7. The lowest BCUT2D eigenvalue weighted by Gasteiger charge is -2.46. The topological polar surface area (TPSA) is 8.17 Å². The first-order valence-corrected chi connectivity index (χ1v) is 18.1. The van der Waals surface area contributed by atoms with Gasteiger partial charge in [-0.25, -0.2) is 0 Å². The van der Waals surface area contributed by atoms with Crippen LogP contribution in [0, 0.1) is 0 Å². The average Bonchev–Trinajstić information content (AvgIpc) is 3.55. The van der Waals surface area contributed by atoms with Gasteiger partial charge in [-0.1, -0.05) is 152 Å². The molecule has 0 N–H and O–H groups in total. The lowest BCUT2D eigenvalue weighted by molar-refractivity contribution is 0.537. The van der Waals surface area contributed by atoms with E-state index < -0.39 is 5.54 Å². The molecule has 0 saturated carbocycles. The smallest absolute Gasteiger partial charge is 0.0929 e. The molecule has 0 fully saturated rings. The van der Waals surface area contributed by atoms with E-state index in [-0.39, 0.29) is 0 Å². The van der Waals surface area contributed by atoms with Crippen molar-refractivity contribution in [1.82, 2.24) is 4.57 Å². The van der Waals surface area contributed by atoms with Gasteiger partial charge in [-0.3, -0.25) is 0 Å². The Morgan fingerprint density at radius 3 is 1.85 bits per heavy atom. The zero-order valence-corrected chi connectivity index (χ0v) is 28.7. The molecule has 2 heteroatoms. The first-order valence-electron chi connectivity index (χ1n) is 18.1. The molecule has 52 heavy (non-hydrogen) atoms. The lowest BCUT2D eigenvalue weighted by Crippen LogP contribution is -2.45. The number of nitrogens with zero attached hydrogens (tertiary/aromatic N) is 2. The van der Waals surface area contributed by atoms with Crippen LogP contribution in [0.5, 0.6) is 0 Å². The number of fused-ring (bicyclic) bond motifs is 5. The van der Waals surface area contributed by atoms with E-state index in [0.29, 0.717) is 0 Å². The Labute approximate surface area is 304 Å². The molecule has 0 bridgehead atoms. The second-order valence-corrected chi connectivity index (χ2v) is 13.8. The van der Waals surface area contributed by atoms with Crippen molar-refractivity contribution in [2.24, 2.45) is 0 Å². The highest BCUT2D eigenvalue weighted by Gasteiger charge is 2.40. The van der Waals surface area contributed by atoms with Gasteiger partial charge in [-0.05, 0) is 93.2 Å². The van der Waals surface area contributed by atoms with Crippen LogP contribution in [-0.2, 0) is 12.0 Å². The zero-order valence-electron chi connectivity index (χ0n) is 28.7. The number of anilines is 2. The second-order valence-electron chi connectivity index (χ2n) is 13.8. The molecule has 1 aromatic heterocycles. The van der Waals surface area contributed by atoms with Crippen LogP contribution in [0.25, 0.3) is 55.5 Å². The molecule has 10 rings (SSSR count). The van der Waals surface area contributed by atoms with E-state index in [9.17, 15) is 0 Å². The maximum absolute atomic E-state index is 2.58. The summed E-state index contributed by atoms with van der Waals surface area (Å²) in [5, 5.41) is 5.02. The van der Waals surface area contributed by atoms with Gasteiger partial charge in [0.25, 0.3) is 0 Å². The Morgan fingerprint density at radius 2 is 1.08 bits per heavy atom. The molecule has 1 aliphatic rings. The van der Waals surface area contributed by atoms with Gasteiger partial charge in [0.2, 0.25) is 0 Å². The Balaban J connectivity index is 1.22. The summed E-state index contributed by atoms with van der Waals surface area (Å²) >= 11 is 0. The summed E-state index contributed by atoms with van der Waals surface area (Å²) in [5.74, 6) is 0. The Hall–Kier alpha value is -6.64. The molecule has 0 spiro atoms. The normalized spacial score (nSPS) is 15.2. The van der Waals surface area contributed by atoms with Gasteiger partial charge in [0.05, 0.1) is 16.6 Å². The van der Waals surface area contributed by atoms with Gasteiger partial charge in [-0.15, -0.1) is 0 Å². The molecular weight excluding hydrogens is 629 g/mol. The molecule has 8 aromatic carbocycles. The van der Waals surface area contributed by atoms with Gasteiger partial charge < -0.3 is 9.47 Å². The van der Waals surface area contributed by atoms with E-state index in [4.69, 9.17) is 0 Å². The number of hydrogen-bond acceptors (Lipinski definition) is 1. The maximum Gasteiger partial charge on any atom is 0.0929 e. The monoisotopic (exact) mass is 664 g/mol. The van der Waals surface area contributed by atoms with Crippen LogP contribution in [-0.4, -0.2) is 4.57 Å². The molecule has 246 valence electrons. The number of para-hydroxylation sites is 3. The third kappa shape index (κ3) is 4.95. The van der Waals surface area contributed by atoms with Crippen LogP contribution in [0.4, 0.5) is 11.4 Å². The first kappa shape index (κ1) is 30.2. The molecule has 0 amide bonds. The molecular formula is C50H36N2. The molecule has 9 aromatic rings. The average molecular weight is 665 g/mol. The number of rotatable bonds is 6. The molecule has 0 saturated heterocycles. The Bertz CT molecular complexity index is 2740. The van der Waals surface area contributed by atoms with Crippen molar-refractivity contribution in [2.45, 2.75) is 12.0 Å². The van der Waals surface area contributed by atoms with Crippen molar-refractivity contribution >= 4 is 50.0 Å². The van der Waals surface area contributed by atoms with Crippen LogP contribution < -0.4 is 4.90 Å². The van der Waals surface area contributed by atoms with Crippen molar-refractivity contribution in [3.8, 4) is 16.8 Å². The summed E-state index contributed by atoms with van der Waals surface area (Å²) in [6, 6.07) is 70.8. The van der Waals surface area contributed by atoms with Gasteiger partial charge in [-0.2, -0.15) is 0 Å². The third-order valence-corrected chi connectivity index (χ3v) is 10.8. The summed E-state index contributed by atoms with van der Waals surface area (Å²) in [6.45, 7) is 0. The number of hydrogen-bond donors (Lipinski definition) is 0. The summed E-state index contributed by atoms with van der Waals surface area (Å²) in [6.07, 6.45) is 5.62. The van der Waals surface area contributed by atoms with Crippen LogP contribution in [0.2, 0.25) is 0 Å². The molecule has 0 aliphatic heterocycles. The van der Waals surface area contributed by atoms with Crippen molar-refractivity contribution in [1.29, 1.82) is 0 Å². The predicted molar refractivity (Wildman–Crippen MR) is 220 cm³/mol. The van der Waals surface area contributed by atoms with E-state index in [0.717, 1.165) is 23.5 Å². The standard InChI is InChI=1S/C50H36N2/c1-4-14-36(15-5-1)37-24-26-42(27-25-37)50(31-30-40-32-38-16-10-11-17-39(38)33-41(40)35-50)52(44-20-8-3-9-21-44)45-28-29-49-47(34-45)46-22-12-13-23-48(46)51(49)43-18-6-2-7-19-43/h1-34H,35H2. The largest absolute Gasteiger partial charge is 0.327 e. The van der Waals surface area contributed by atoms with Crippen LogP contribution >= 0.6 is 0 Å². The first-order chi connectivity index (χ1) is 25.7. The molecule has 1 aliphatic carbocycles. The predicted octanol–water partition coefficient (Wildman–Crippen LogP) is 12.9. The van der Waals surface area contributed by atoms with E-state index in [1.165, 1.54) is 60.4 Å². The van der Waals surface area contributed by atoms with Crippen LogP contribution in [0.3, 0.4) is 0 Å². The van der Waals surface area contributed by atoms with Crippen LogP contribution in [0.1, 0.15) is 16.7 Å². The van der Waals surface area contributed by atoms with E-state index >= 15 is 0 Å². The summed E-state index contributed by atoms with van der Waals surface area (Å²) in [7, 11) is 0. The fourth-order valence-electron chi connectivity index (χ4n) is 8.40. The van der Waals surface area contributed by atoms with Crippen LogP contribution in [0.15, 0.2) is 200 Å². The lowest BCUT2D eigenvalue weighted by atomic mass is 9.75. The molecule has 2 nitrogen and oxygen atoms in total. The maximum atomic E-state index is 2.58. The van der Waals surface area contributed by atoms with Crippen molar-refractivity contribution < 1.29 is 0 Å². The highest BCUT2D eigenvalue weighted by Crippen LogP contribution is 2.48. The second kappa shape index (κ2) is 12.3. The van der Waals surface area contributed by atoms with Crippen molar-refractivity contribution in [3.63, 3.8) is 0 Å². The van der Waals surface area contributed by atoms with Gasteiger partial charge >= 0.3 is 0 Å². The highest BCUT2D eigenvalue weighted by atomic mass is 15.2. The van der Waals surface area contributed by atoms with Gasteiger partial charge in [0, 0.05) is 34.3 Å². The van der Waals surface area contributed by atoms with Crippen molar-refractivity contribution in [2.75, 3.05) is 4.90 Å². The van der Waals surface area contributed by atoms with E-state index in [1.54, 1.807) is 0 Å². The van der Waals surface area contributed by atoms with Gasteiger partial charge in [0.1, 0.15) is 0 Å². The minimum atomic E-state index is -0.516. The van der Waals surface area contributed by atoms with E-state index in [2.05, 4.69) is 216 Å². The number of aromatic nitrogens is 1. The fourth-order valence-corrected chi connectivity index (χ4v) is 8.40. The van der Waals surface area contributed by atoms with E-state index in [1.807, 2.05) is 0 Å². The summed E-state index contributed by atoms with van der Waals surface area (Å²) < 4.78 is 2.39. The Morgan fingerprint density at radius 1 is 0.462 bits per heavy atom. The van der Waals surface area contributed by atoms with Crippen molar-refractivity contribution in [3.05, 3.63) is 217 Å². The number of benzene rings is 8. The third-order valence-electron chi connectivity index (χ3n) is 10.8. The minimum Gasteiger partial charge on any atom is -0.327 e. The molecule has 1 atom stereocenters. The quantitative estimate of drug-likeness (QED) is 0.172. The molecule has 0 radical (unpaired) electrons.